The maximum absolute atomic E-state index is 13.3. The van der Waals surface area contributed by atoms with Crippen molar-refractivity contribution in [3.8, 4) is 0 Å². The van der Waals surface area contributed by atoms with Gasteiger partial charge in [-0.3, -0.25) is 9.40 Å². The van der Waals surface area contributed by atoms with Gasteiger partial charge in [0.25, 0.3) is 10.0 Å². The third-order valence-electron chi connectivity index (χ3n) is 4.32. The van der Waals surface area contributed by atoms with Crippen molar-refractivity contribution in [3.63, 3.8) is 0 Å². The summed E-state index contributed by atoms with van der Waals surface area (Å²) in [7, 11) is -2.11. The lowest BCUT2D eigenvalue weighted by Gasteiger charge is -2.10. The van der Waals surface area contributed by atoms with Gasteiger partial charge in [-0.25, -0.2) is 22.2 Å². The molecule has 0 radical (unpaired) electrons. The van der Waals surface area contributed by atoms with Gasteiger partial charge in [0, 0.05) is 37.1 Å². The molecule has 0 unspecified atom stereocenters. The number of aryl methyl sites for hydroxylation is 2. The monoisotopic (exact) mass is 407 g/mol. The molecule has 3 aromatic rings. The molecule has 0 aliphatic rings. The van der Waals surface area contributed by atoms with Gasteiger partial charge in [-0.15, -0.1) is 0 Å². The largest absolute Gasteiger partial charge is 0.366 e. The van der Waals surface area contributed by atoms with Gasteiger partial charge in [0.15, 0.2) is 11.6 Å². The van der Waals surface area contributed by atoms with Crippen molar-refractivity contribution in [2.24, 2.45) is 7.05 Å². The Morgan fingerprint density at radius 2 is 1.86 bits per heavy atom. The number of hydrogen-bond acceptors (Lipinski definition) is 5. The zero-order valence-electron chi connectivity index (χ0n) is 15.5. The molecule has 0 atom stereocenters. The number of hydrogen-bond donors (Lipinski definition) is 2. The normalized spacial score (nSPS) is 11.5. The Balaban J connectivity index is 1.71. The first-order chi connectivity index (χ1) is 13.2. The molecule has 2 aromatic heterocycles. The Morgan fingerprint density at radius 3 is 2.43 bits per heavy atom. The second kappa shape index (κ2) is 7.55. The molecule has 2 N–H and O–H groups in total. The van der Waals surface area contributed by atoms with Crippen LogP contribution in [0.1, 0.15) is 17.0 Å². The molecule has 0 amide bonds. The Labute approximate surface area is 161 Å². The van der Waals surface area contributed by atoms with E-state index in [0.29, 0.717) is 12.4 Å². The summed E-state index contributed by atoms with van der Waals surface area (Å²) in [6.07, 6.45) is 1.19. The Bertz CT molecular complexity index is 1110. The molecule has 7 nitrogen and oxygen atoms in total. The van der Waals surface area contributed by atoms with Crippen LogP contribution in [0.4, 0.5) is 20.3 Å². The van der Waals surface area contributed by atoms with Crippen LogP contribution < -0.4 is 10.0 Å². The van der Waals surface area contributed by atoms with Gasteiger partial charge in [-0.2, -0.15) is 5.10 Å². The molecule has 148 valence electrons. The van der Waals surface area contributed by atoms with Crippen molar-refractivity contribution in [1.82, 2.24) is 14.8 Å². The fourth-order valence-electron chi connectivity index (χ4n) is 2.67. The van der Waals surface area contributed by atoms with E-state index in [1.807, 2.05) is 20.9 Å². The second-order valence-electron chi connectivity index (χ2n) is 6.24. The highest BCUT2D eigenvalue weighted by Gasteiger charge is 2.16. The highest BCUT2D eigenvalue weighted by molar-refractivity contribution is 7.92. The summed E-state index contributed by atoms with van der Waals surface area (Å²) in [6, 6.07) is 5.66. The van der Waals surface area contributed by atoms with Crippen molar-refractivity contribution in [2.75, 3.05) is 10.0 Å². The molecule has 0 saturated heterocycles. The van der Waals surface area contributed by atoms with Crippen molar-refractivity contribution in [2.45, 2.75) is 25.3 Å². The topological polar surface area (TPSA) is 88.9 Å². The number of anilines is 2. The number of aromatic nitrogens is 3. The summed E-state index contributed by atoms with van der Waals surface area (Å²) in [6.45, 7) is 4.37. The van der Waals surface area contributed by atoms with Gasteiger partial charge in [-0.05, 0) is 38.1 Å². The van der Waals surface area contributed by atoms with E-state index in [4.69, 9.17) is 0 Å². The number of nitrogens with zero attached hydrogens (tertiary/aromatic N) is 3. The number of halogens is 2. The van der Waals surface area contributed by atoms with Crippen LogP contribution in [0.5, 0.6) is 0 Å². The molecule has 0 bridgehead atoms. The van der Waals surface area contributed by atoms with E-state index in [1.165, 1.54) is 18.3 Å². The summed E-state index contributed by atoms with van der Waals surface area (Å²) >= 11 is 0. The molecule has 0 aliphatic carbocycles. The number of rotatable bonds is 6. The summed E-state index contributed by atoms with van der Waals surface area (Å²) in [5.41, 5.74) is 2.90. The van der Waals surface area contributed by atoms with Crippen molar-refractivity contribution >= 4 is 21.5 Å². The molecular weight excluding hydrogens is 388 g/mol. The number of benzene rings is 1. The van der Waals surface area contributed by atoms with Gasteiger partial charge in [-0.1, -0.05) is 0 Å². The molecule has 0 fully saturated rings. The van der Waals surface area contributed by atoms with Gasteiger partial charge in [0.05, 0.1) is 11.4 Å². The molecule has 0 saturated carbocycles. The summed E-state index contributed by atoms with van der Waals surface area (Å²) < 4.78 is 55.0. The zero-order valence-corrected chi connectivity index (χ0v) is 16.3. The van der Waals surface area contributed by atoms with Crippen LogP contribution in [0.3, 0.4) is 0 Å². The summed E-state index contributed by atoms with van der Waals surface area (Å²) in [5, 5.41) is 7.47. The second-order valence-corrected chi connectivity index (χ2v) is 7.92. The molecule has 0 spiro atoms. The predicted octanol–water partition coefficient (Wildman–Crippen LogP) is 3.12. The first-order valence-corrected chi connectivity index (χ1v) is 9.82. The minimum atomic E-state index is -3.98. The fraction of sp³-hybridized carbons (Fsp3) is 0.222. The van der Waals surface area contributed by atoms with Crippen LogP contribution in [0.15, 0.2) is 41.4 Å². The van der Waals surface area contributed by atoms with Crippen molar-refractivity contribution in [1.29, 1.82) is 0 Å². The summed E-state index contributed by atoms with van der Waals surface area (Å²) in [4.78, 5) is 4.01. The molecule has 10 heteroatoms. The lowest BCUT2D eigenvalue weighted by atomic mass is 10.2. The maximum Gasteiger partial charge on any atom is 0.263 e. The van der Waals surface area contributed by atoms with E-state index in [1.54, 1.807) is 4.68 Å². The minimum absolute atomic E-state index is 0.0800. The van der Waals surface area contributed by atoms with E-state index in [2.05, 4.69) is 20.1 Å². The minimum Gasteiger partial charge on any atom is -0.366 e. The Kier molecular flexibility index (Phi) is 5.32. The number of sulfonamides is 1. The van der Waals surface area contributed by atoms with Gasteiger partial charge in [0.2, 0.25) is 0 Å². The van der Waals surface area contributed by atoms with Crippen LogP contribution in [0.25, 0.3) is 0 Å². The van der Waals surface area contributed by atoms with Gasteiger partial charge < -0.3 is 5.32 Å². The van der Waals surface area contributed by atoms with E-state index in [9.17, 15) is 17.2 Å². The van der Waals surface area contributed by atoms with Crippen LogP contribution in [0, 0.1) is 25.5 Å². The third kappa shape index (κ3) is 4.11. The average molecular weight is 407 g/mol. The lowest BCUT2D eigenvalue weighted by molar-refractivity contribution is 0.509. The predicted molar refractivity (Wildman–Crippen MR) is 101 cm³/mol. The first-order valence-electron chi connectivity index (χ1n) is 8.34. The average Bonchev–Trinajstić information content (AvgIpc) is 2.88. The molecule has 1 aromatic carbocycles. The van der Waals surface area contributed by atoms with Gasteiger partial charge >= 0.3 is 0 Å². The summed E-state index contributed by atoms with van der Waals surface area (Å²) in [5.74, 6) is -1.70. The van der Waals surface area contributed by atoms with E-state index in [-0.39, 0.29) is 10.6 Å². The molecule has 0 aliphatic heterocycles. The fourth-order valence-corrected chi connectivity index (χ4v) is 3.66. The Hall–Kier alpha value is -3.01. The molecular formula is C18H19F2N5O2S. The van der Waals surface area contributed by atoms with Crippen LogP contribution in [-0.2, 0) is 23.6 Å². The number of pyridine rings is 1. The highest BCUT2D eigenvalue weighted by atomic mass is 32.2. The lowest BCUT2D eigenvalue weighted by Crippen LogP contribution is -2.14. The van der Waals surface area contributed by atoms with Gasteiger partial charge in [0.1, 0.15) is 10.7 Å². The Morgan fingerprint density at radius 1 is 1.11 bits per heavy atom. The van der Waals surface area contributed by atoms with E-state index < -0.39 is 21.7 Å². The highest BCUT2D eigenvalue weighted by Crippen LogP contribution is 2.19. The van der Waals surface area contributed by atoms with E-state index >= 15 is 0 Å². The molecule has 2 heterocycles. The number of nitrogens with one attached hydrogen (secondary N) is 2. The SMILES string of the molecule is Cc1nn(C)c(C)c1CNc1ccc(S(=O)(=O)Nc2ccc(F)c(F)c2)cn1. The van der Waals surface area contributed by atoms with Crippen molar-refractivity contribution < 1.29 is 17.2 Å². The van der Waals surface area contributed by atoms with Crippen LogP contribution in [-0.4, -0.2) is 23.2 Å². The maximum atomic E-state index is 13.3. The third-order valence-corrected chi connectivity index (χ3v) is 5.69. The van der Waals surface area contributed by atoms with Crippen LogP contribution >= 0.6 is 0 Å². The smallest absolute Gasteiger partial charge is 0.263 e. The standard InChI is InChI=1S/C18H19F2N5O2S/c1-11-15(12(2)25(3)23-11)10-22-18-7-5-14(9-21-18)28(26,27)24-13-4-6-16(19)17(20)8-13/h4-9,24H,10H2,1-3H3,(H,21,22). The van der Waals surface area contributed by atoms with Crippen LogP contribution in [0.2, 0.25) is 0 Å². The quantitative estimate of drug-likeness (QED) is 0.655. The zero-order chi connectivity index (χ0) is 20.5. The molecule has 28 heavy (non-hydrogen) atoms. The van der Waals surface area contributed by atoms with E-state index in [0.717, 1.165) is 35.2 Å². The van der Waals surface area contributed by atoms with Crippen molar-refractivity contribution in [3.05, 3.63) is 65.1 Å². The first kappa shape index (κ1) is 19.7. The molecule has 3 rings (SSSR count).